The van der Waals surface area contributed by atoms with E-state index < -0.39 is 11.8 Å². The second kappa shape index (κ2) is 8.80. The zero-order valence-electron chi connectivity index (χ0n) is 23.8. The Hall–Kier alpha value is -3.91. The smallest absolute Gasteiger partial charge is 0.347 e. The van der Waals surface area contributed by atoms with Gasteiger partial charge in [-0.05, 0) is 81.3 Å². The largest absolute Gasteiger partial charge is 0.508 e. The van der Waals surface area contributed by atoms with Gasteiger partial charge in [0, 0.05) is 41.5 Å². The van der Waals surface area contributed by atoms with Crippen molar-refractivity contribution in [2.75, 3.05) is 6.61 Å². The molecule has 8 heteroatoms. The minimum atomic E-state index is -0.740. The zero-order chi connectivity index (χ0) is 28.8. The highest BCUT2D eigenvalue weighted by atomic mass is 16.7. The quantitative estimate of drug-likeness (QED) is 0.257. The van der Waals surface area contributed by atoms with Crippen LogP contribution in [0.2, 0.25) is 0 Å². The molecule has 1 fully saturated rings. The van der Waals surface area contributed by atoms with Crippen LogP contribution in [0.5, 0.6) is 40.2 Å². The van der Waals surface area contributed by atoms with Crippen LogP contribution < -0.4 is 14.2 Å². The zero-order valence-corrected chi connectivity index (χ0v) is 23.8. The number of phenols is 3. The number of esters is 1. The minimum absolute atomic E-state index is 0.0104. The highest BCUT2D eigenvalue weighted by Crippen LogP contribution is 2.52. The van der Waals surface area contributed by atoms with E-state index in [1.807, 2.05) is 20.8 Å². The molecule has 8 nitrogen and oxygen atoms in total. The third-order valence-corrected chi connectivity index (χ3v) is 9.04. The van der Waals surface area contributed by atoms with Crippen LogP contribution in [0.1, 0.15) is 68.7 Å². The van der Waals surface area contributed by atoms with Gasteiger partial charge in [-0.2, -0.15) is 0 Å². The van der Waals surface area contributed by atoms with Crippen molar-refractivity contribution in [2.45, 2.75) is 67.1 Å². The molecule has 6 rings (SSSR count). The number of benzene rings is 3. The van der Waals surface area contributed by atoms with Crippen LogP contribution in [0.25, 0.3) is 0 Å². The van der Waals surface area contributed by atoms with Crippen LogP contribution >= 0.6 is 0 Å². The molecule has 0 spiro atoms. The van der Waals surface area contributed by atoms with E-state index in [-0.39, 0.29) is 46.6 Å². The first-order chi connectivity index (χ1) is 18.8. The first-order valence-electron chi connectivity index (χ1n) is 13.6. The number of phenolic OH excluding ortho intramolecular Hbond substituents is 3. The summed E-state index contributed by atoms with van der Waals surface area (Å²) in [6.45, 7) is 13.6. The van der Waals surface area contributed by atoms with Crippen LogP contribution in [0.3, 0.4) is 0 Å². The number of rotatable bonds is 2. The summed E-state index contributed by atoms with van der Waals surface area (Å²) in [6, 6.07) is 3.06. The molecule has 0 aromatic heterocycles. The Morgan fingerprint density at radius 1 is 0.850 bits per heavy atom. The van der Waals surface area contributed by atoms with Gasteiger partial charge in [-0.1, -0.05) is 6.92 Å². The summed E-state index contributed by atoms with van der Waals surface area (Å²) in [5.41, 5.74) is 5.07. The predicted molar refractivity (Wildman–Crippen MR) is 147 cm³/mol. The second-order valence-electron chi connectivity index (χ2n) is 11.7. The van der Waals surface area contributed by atoms with Crippen molar-refractivity contribution < 1.29 is 39.1 Å². The highest BCUT2D eigenvalue weighted by Gasteiger charge is 2.51. The fraction of sp³-hybridized carbons (Fsp3) is 0.406. The monoisotopic (exact) mass is 546 g/mol. The summed E-state index contributed by atoms with van der Waals surface area (Å²) >= 11 is 0. The highest BCUT2D eigenvalue weighted by molar-refractivity contribution is 5.98. The molecule has 3 aromatic rings. The van der Waals surface area contributed by atoms with Crippen molar-refractivity contribution in [2.24, 2.45) is 11.8 Å². The Bertz CT molecular complexity index is 1620. The predicted octanol–water partition coefficient (Wildman–Crippen LogP) is 6.19. The molecule has 3 atom stereocenters. The van der Waals surface area contributed by atoms with Crippen LogP contribution in [-0.2, 0) is 17.6 Å². The summed E-state index contributed by atoms with van der Waals surface area (Å²) in [7, 11) is 0. The van der Waals surface area contributed by atoms with E-state index in [1.54, 1.807) is 26.8 Å². The van der Waals surface area contributed by atoms with Gasteiger partial charge in [0.2, 0.25) is 5.79 Å². The maximum absolute atomic E-state index is 13.4. The molecular weight excluding hydrogens is 512 g/mol. The SMILES string of the molecule is Cc1cc(O)c(C)c2c1Oc1c(Cc3c(C)c4c(c(C)c3O)O[C@@]3(C)OC[C@H](C)[C@H]3C4)c(O)cc(C)c1C(=O)O2. The Kier molecular flexibility index (Phi) is 5.79. The van der Waals surface area contributed by atoms with Crippen LogP contribution in [0.15, 0.2) is 12.1 Å². The fourth-order valence-corrected chi connectivity index (χ4v) is 6.51. The third-order valence-electron chi connectivity index (χ3n) is 9.04. The first kappa shape index (κ1) is 26.3. The molecule has 0 bridgehead atoms. The molecule has 3 heterocycles. The molecular formula is C32H34O8. The van der Waals surface area contributed by atoms with E-state index in [4.69, 9.17) is 18.9 Å². The van der Waals surface area contributed by atoms with Crippen molar-refractivity contribution >= 4 is 5.97 Å². The van der Waals surface area contributed by atoms with Gasteiger partial charge in [-0.25, -0.2) is 4.79 Å². The van der Waals surface area contributed by atoms with Gasteiger partial charge in [-0.3, -0.25) is 0 Å². The summed E-state index contributed by atoms with van der Waals surface area (Å²) in [6.07, 6.45) is 0.843. The van der Waals surface area contributed by atoms with Crippen molar-refractivity contribution in [1.29, 1.82) is 0 Å². The van der Waals surface area contributed by atoms with E-state index in [0.717, 1.165) is 17.5 Å². The van der Waals surface area contributed by atoms with Crippen molar-refractivity contribution in [1.82, 2.24) is 0 Å². The van der Waals surface area contributed by atoms with E-state index in [1.165, 1.54) is 6.07 Å². The van der Waals surface area contributed by atoms with Crippen molar-refractivity contribution in [3.05, 3.63) is 62.2 Å². The molecule has 210 valence electrons. The average molecular weight is 547 g/mol. The molecule has 3 aliphatic rings. The van der Waals surface area contributed by atoms with Gasteiger partial charge in [0.1, 0.15) is 34.3 Å². The minimum Gasteiger partial charge on any atom is -0.508 e. The maximum Gasteiger partial charge on any atom is 0.347 e. The summed E-state index contributed by atoms with van der Waals surface area (Å²) in [5.74, 6) is 0.325. The standard InChI is InChI=1S/C32H34O8/c1-13-8-24(34)21(30-25(13)31(36)39-29-17(5)23(33)9-14(2)27(29)38-30)10-19-16(4)20-11-22-15(3)12-37-32(22,7)40-28(20)18(6)26(19)35/h8-9,15,22,33-35H,10-12H2,1-7H3/t15-,22+,32+/m0/s1. The fourth-order valence-electron chi connectivity index (χ4n) is 6.51. The third kappa shape index (κ3) is 3.65. The van der Waals surface area contributed by atoms with Gasteiger partial charge < -0.3 is 34.3 Å². The van der Waals surface area contributed by atoms with Gasteiger partial charge >= 0.3 is 5.97 Å². The molecule has 0 amide bonds. The van der Waals surface area contributed by atoms with Gasteiger partial charge in [0.25, 0.3) is 0 Å². The molecule has 1 saturated heterocycles. The van der Waals surface area contributed by atoms with Crippen molar-refractivity contribution in [3.8, 4) is 40.2 Å². The topological polar surface area (TPSA) is 115 Å². The maximum atomic E-state index is 13.4. The Morgan fingerprint density at radius 3 is 2.27 bits per heavy atom. The molecule has 3 N–H and O–H groups in total. The summed E-state index contributed by atoms with van der Waals surface area (Å²) in [5, 5.41) is 33.0. The Balaban J connectivity index is 1.51. The lowest BCUT2D eigenvalue weighted by molar-refractivity contribution is -0.166. The molecule has 0 radical (unpaired) electrons. The lowest BCUT2D eigenvalue weighted by atomic mass is 9.79. The van der Waals surface area contributed by atoms with Crippen LogP contribution in [-0.4, -0.2) is 33.7 Å². The number of fused-ring (bicyclic) bond motifs is 4. The lowest BCUT2D eigenvalue weighted by Crippen LogP contribution is -2.44. The van der Waals surface area contributed by atoms with E-state index in [2.05, 4.69) is 6.92 Å². The Labute approximate surface area is 233 Å². The lowest BCUT2D eigenvalue weighted by Gasteiger charge is -2.39. The number of carbonyl (C=O) groups excluding carboxylic acids is 1. The normalized spacial score (nSPS) is 22.7. The average Bonchev–Trinajstić information content (AvgIpc) is 3.08. The second-order valence-corrected chi connectivity index (χ2v) is 11.7. The van der Waals surface area contributed by atoms with E-state index >= 15 is 0 Å². The first-order valence-corrected chi connectivity index (χ1v) is 13.6. The molecule has 0 aliphatic carbocycles. The number of hydrogen-bond donors (Lipinski definition) is 3. The van der Waals surface area contributed by atoms with E-state index in [0.29, 0.717) is 57.4 Å². The number of aryl methyl sites for hydroxylation is 2. The Morgan fingerprint density at radius 2 is 1.55 bits per heavy atom. The molecule has 0 unspecified atom stereocenters. The number of ether oxygens (including phenoxy) is 4. The van der Waals surface area contributed by atoms with Gasteiger partial charge in [0.05, 0.1) is 6.61 Å². The number of hydrogen-bond acceptors (Lipinski definition) is 8. The molecule has 40 heavy (non-hydrogen) atoms. The molecule has 0 saturated carbocycles. The molecule has 3 aromatic carbocycles. The summed E-state index contributed by atoms with van der Waals surface area (Å²) in [4.78, 5) is 13.4. The summed E-state index contributed by atoms with van der Waals surface area (Å²) < 4.78 is 24.5. The number of carbonyl (C=O) groups is 1. The van der Waals surface area contributed by atoms with E-state index in [9.17, 15) is 20.1 Å². The molecule has 3 aliphatic heterocycles. The van der Waals surface area contributed by atoms with Crippen LogP contribution in [0, 0.1) is 46.5 Å². The van der Waals surface area contributed by atoms with Gasteiger partial charge in [-0.15, -0.1) is 0 Å². The van der Waals surface area contributed by atoms with Crippen molar-refractivity contribution in [3.63, 3.8) is 0 Å². The van der Waals surface area contributed by atoms with Gasteiger partial charge in [0.15, 0.2) is 11.5 Å². The van der Waals surface area contributed by atoms with Crippen LogP contribution in [0.4, 0.5) is 0 Å². The number of aromatic hydroxyl groups is 3.